The molecule has 0 aliphatic carbocycles. The Bertz CT molecular complexity index is 722. The Labute approximate surface area is 165 Å². The number of carbonyl (C=O) groups excluding carboxylic acids is 3. The van der Waals surface area contributed by atoms with Crippen molar-refractivity contribution in [2.75, 3.05) is 13.7 Å². The smallest absolute Gasteiger partial charge is 0.411 e. The highest BCUT2D eigenvalue weighted by atomic mass is 19.1. The Morgan fingerprint density at radius 3 is 2.39 bits per heavy atom. The van der Waals surface area contributed by atoms with Crippen LogP contribution in [0.3, 0.4) is 0 Å². The van der Waals surface area contributed by atoms with E-state index in [1.807, 2.05) is 0 Å². The number of ether oxygens (including phenoxy) is 1. The fraction of sp³-hybridized carbons (Fsp3) is 0.550. The number of benzene rings is 1. The standard InChI is InChI=1S/C20H27BFNO5/c1-12(2)18(24)17(20(26)28-4)16(13-7-9-14(22)10-8-13)15-6-5-11-23(19(15)25)21(3)27/h7-10,12,15-17,27H,5-6,11H2,1-4H3. The van der Waals surface area contributed by atoms with Gasteiger partial charge in [-0.25, -0.2) is 4.39 Å². The fourth-order valence-electron chi connectivity index (χ4n) is 3.90. The molecule has 3 atom stereocenters. The molecular weight excluding hydrogens is 364 g/mol. The van der Waals surface area contributed by atoms with Crippen LogP contribution in [0.1, 0.15) is 38.2 Å². The molecule has 0 spiro atoms. The van der Waals surface area contributed by atoms with Gasteiger partial charge in [0.1, 0.15) is 17.5 Å². The van der Waals surface area contributed by atoms with Crippen molar-refractivity contribution in [3.05, 3.63) is 35.6 Å². The van der Waals surface area contributed by atoms with Crippen molar-refractivity contribution in [3.8, 4) is 0 Å². The van der Waals surface area contributed by atoms with E-state index in [9.17, 15) is 23.8 Å². The predicted octanol–water partition coefficient (Wildman–Crippen LogP) is 2.27. The van der Waals surface area contributed by atoms with Gasteiger partial charge < -0.3 is 14.6 Å². The van der Waals surface area contributed by atoms with Gasteiger partial charge in [0.05, 0.1) is 7.11 Å². The van der Waals surface area contributed by atoms with Crippen molar-refractivity contribution in [2.24, 2.45) is 17.8 Å². The minimum absolute atomic E-state index is 0.318. The first-order valence-corrected chi connectivity index (χ1v) is 9.54. The fourth-order valence-corrected chi connectivity index (χ4v) is 3.90. The second kappa shape index (κ2) is 9.32. The van der Waals surface area contributed by atoms with Crippen LogP contribution < -0.4 is 0 Å². The summed E-state index contributed by atoms with van der Waals surface area (Å²) in [4.78, 5) is 40.0. The molecule has 1 heterocycles. The quantitative estimate of drug-likeness (QED) is 0.438. The van der Waals surface area contributed by atoms with Crippen molar-refractivity contribution in [2.45, 2.75) is 39.4 Å². The summed E-state index contributed by atoms with van der Waals surface area (Å²) in [6.45, 7) is 5.28. The van der Waals surface area contributed by atoms with Gasteiger partial charge in [-0.2, -0.15) is 0 Å². The van der Waals surface area contributed by atoms with E-state index in [4.69, 9.17) is 4.74 Å². The summed E-state index contributed by atoms with van der Waals surface area (Å²) >= 11 is 0. The molecule has 1 amide bonds. The first-order valence-electron chi connectivity index (χ1n) is 9.54. The molecule has 1 aliphatic heterocycles. The summed E-state index contributed by atoms with van der Waals surface area (Å²) in [7, 11) is 0.233. The van der Waals surface area contributed by atoms with Crippen LogP contribution in [0.25, 0.3) is 0 Å². The third kappa shape index (κ3) is 4.60. The Kier molecular flexibility index (Phi) is 7.35. The molecule has 0 radical (unpaired) electrons. The van der Waals surface area contributed by atoms with Gasteiger partial charge in [-0.15, -0.1) is 0 Å². The lowest BCUT2D eigenvalue weighted by Crippen LogP contribution is -2.52. The number of hydrogen-bond acceptors (Lipinski definition) is 5. The zero-order chi connectivity index (χ0) is 21.0. The van der Waals surface area contributed by atoms with E-state index in [1.165, 1.54) is 43.0 Å². The molecule has 28 heavy (non-hydrogen) atoms. The molecule has 0 aromatic heterocycles. The lowest BCUT2D eigenvalue weighted by Gasteiger charge is -2.39. The lowest BCUT2D eigenvalue weighted by molar-refractivity contribution is -0.153. The summed E-state index contributed by atoms with van der Waals surface area (Å²) in [6, 6.07) is 5.49. The lowest BCUT2D eigenvalue weighted by atomic mass is 9.68. The highest BCUT2D eigenvalue weighted by Gasteiger charge is 2.46. The average Bonchev–Trinajstić information content (AvgIpc) is 2.66. The summed E-state index contributed by atoms with van der Waals surface area (Å²) < 4.78 is 18.4. The number of methoxy groups -OCH3 is 1. The molecule has 1 aliphatic rings. The van der Waals surface area contributed by atoms with Crippen LogP contribution in [0.2, 0.25) is 6.82 Å². The monoisotopic (exact) mass is 391 g/mol. The third-order valence-corrected chi connectivity index (χ3v) is 5.34. The maximum Gasteiger partial charge on any atom is 0.411 e. The molecule has 8 heteroatoms. The third-order valence-electron chi connectivity index (χ3n) is 5.34. The van der Waals surface area contributed by atoms with E-state index in [1.54, 1.807) is 13.8 Å². The Morgan fingerprint density at radius 1 is 1.29 bits per heavy atom. The van der Waals surface area contributed by atoms with Gasteiger partial charge in [-0.1, -0.05) is 26.0 Å². The van der Waals surface area contributed by atoms with Crippen molar-refractivity contribution in [3.63, 3.8) is 0 Å². The Balaban J connectivity index is 2.58. The van der Waals surface area contributed by atoms with E-state index in [0.29, 0.717) is 24.9 Å². The van der Waals surface area contributed by atoms with E-state index in [2.05, 4.69) is 0 Å². The van der Waals surface area contributed by atoms with E-state index in [-0.39, 0.29) is 11.7 Å². The molecular formula is C20H27BFNO5. The summed E-state index contributed by atoms with van der Waals surface area (Å²) in [5, 5.41) is 9.94. The Hall–Kier alpha value is -2.22. The summed E-state index contributed by atoms with van der Waals surface area (Å²) in [5.41, 5.74) is 0.525. The van der Waals surface area contributed by atoms with Gasteiger partial charge in [0.25, 0.3) is 0 Å². The molecule has 3 unspecified atom stereocenters. The molecule has 6 nitrogen and oxygen atoms in total. The predicted molar refractivity (Wildman–Crippen MR) is 103 cm³/mol. The average molecular weight is 391 g/mol. The molecule has 0 bridgehead atoms. The maximum absolute atomic E-state index is 13.5. The maximum atomic E-state index is 13.5. The number of nitrogens with zero attached hydrogens (tertiary/aromatic N) is 1. The number of carbonyl (C=O) groups is 3. The van der Waals surface area contributed by atoms with Gasteiger partial charge in [0, 0.05) is 24.3 Å². The zero-order valence-corrected chi connectivity index (χ0v) is 16.7. The number of rotatable bonds is 7. The molecule has 152 valence electrons. The molecule has 1 fully saturated rings. The van der Waals surface area contributed by atoms with Crippen molar-refractivity contribution in [1.82, 2.24) is 4.81 Å². The number of ketones is 1. The number of hydrogen-bond donors (Lipinski definition) is 1. The first-order chi connectivity index (χ1) is 13.2. The van der Waals surface area contributed by atoms with E-state index >= 15 is 0 Å². The second-order valence-electron chi connectivity index (χ2n) is 7.55. The topological polar surface area (TPSA) is 83.9 Å². The van der Waals surface area contributed by atoms with Gasteiger partial charge in [0.2, 0.25) is 5.91 Å². The van der Waals surface area contributed by atoms with Crippen LogP contribution in [0.15, 0.2) is 24.3 Å². The summed E-state index contributed by atoms with van der Waals surface area (Å²) in [6.07, 6.45) is 1.09. The molecule has 1 aromatic carbocycles. The minimum atomic E-state index is -1.18. The van der Waals surface area contributed by atoms with Crippen LogP contribution in [-0.2, 0) is 19.1 Å². The van der Waals surface area contributed by atoms with Crippen LogP contribution in [0, 0.1) is 23.6 Å². The van der Waals surface area contributed by atoms with Crippen molar-refractivity contribution >= 4 is 24.7 Å². The largest absolute Gasteiger partial charge is 0.468 e. The van der Waals surface area contributed by atoms with Crippen molar-refractivity contribution < 1.29 is 28.5 Å². The minimum Gasteiger partial charge on any atom is -0.468 e. The van der Waals surface area contributed by atoms with Gasteiger partial charge >= 0.3 is 13.0 Å². The molecule has 0 saturated carbocycles. The highest BCUT2D eigenvalue weighted by molar-refractivity contribution is 6.49. The normalized spacial score (nSPS) is 19.3. The summed E-state index contributed by atoms with van der Waals surface area (Å²) in [5.74, 6) is -4.93. The van der Waals surface area contributed by atoms with E-state index < -0.39 is 42.5 Å². The van der Waals surface area contributed by atoms with Gasteiger partial charge in [-0.05, 0) is 37.4 Å². The number of amides is 1. The molecule has 1 N–H and O–H groups in total. The van der Waals surface area contributed by atoms with Crippen molar-refractivity contribution in [1.29, 1.82) is 0 Å². The van der Waals surface area contributed by atoms with E-state index in [0.717, 1.165) is 0 Å². The Morgan fingerprint density at radius 2 is 1.89 bits per heavy atom. The molecule has 1 saturated heterocycles. The molecule has 2 rings (SSSR count). The number of Topliss-reactive ketones (excluding diaryl/α,β-unsaturated/α-hetero) is 1. The SMILES string of the molecule is COC(=O)C(C(=O)C(C)C)C(c1ccc(F)cc1)C1CCCN(B(C)O)C1=O. The van der Waals surface area contributed by atoms with Crippen LogP contribution >= 0.6 is 0 Å². The number of halogens is 1. The zero-order valence-electron chi connectivity index (χ0n) is 16.7. The van der Waals surface area contributed by atoms with Crippen LogP contribution in [-0.4, -0.2) is 48.2 Å². The number of esters is 1. The highest BCUT2D eigenvalue weighted by Crippen LogP contribution is 2.40. The van der Waals surface area contributed by atoms with Gasteiger partial charge in [0.15, 0.2) is 0 Å². The second-order valence-corrected chi connectivity index (χ2v) is 7.55. The number of piperidine rings is 1. The van der Waals surface area contributed by atoms with Gasteiger partial charge in [-0.3, -0.25) is 14.4 Å². The first kappa shape index (κ1) is 22.1. The van der Waals surface area contributed by atoms with Crippen LogP contribution in [0.5, 0.6) is 0 Å². The van der Waals surface area contributed by atoms with Crippen LogP contribution in [0.4, 0.5) is 4.39 Å². The molecule has 1 aromatic rings.